The summed E-state index contributed by atoms with van der Waals surface area (Å²) < 4.78 is 0. The van der Waals surface area contributed by atoms with Gasteiger partial charge in [-0.05, 0) is 72.3 Å². The van der Waals surface area contributed by atoms with Gasteiger partial charge in [-0.2, -0.15) is 0 Å². The van der Waals surface area contributed by atoms with Crippen LogP contribution in [0.5, 0.6) is 0 Å². The second kappa shape index (κ2) is 7.40. The maximum atomic E-state index is 10.9. The SMILES string of the molecule is C[C@@H]1CC[C@@]2(C)C(CO)=CCC[C@@H]2[C@@]1(C)CC/C(=C/C(=O)O)CO. The zero-order valence-corrected chi connectivity index (χ0v) is 15.2. The molecule has 2 rings (SSSR count). The summed E-state index contributed by atoms with van der Waals surface area (Å²) in [7, 11) is 0. The number of aliphatic hydroxyl groups excluding tert-OH is 2. The Morgan fingerprint density at radius 2 is 2.04 bits per heavy atom. The van der Waals surface area contributed by atoms with E-state index in [2.05, 4.69) is 26.8 Å². The van der Waals surface area contributed by atoms with Crippen LogP contribution in [0.3, 0.4) is 0 Å². The molecule has 0 aliphatic heterocycles. The van der Waals surface area contributed by atoms with E-state index in [4.69, 9.17) is 5.11 Å². The lowest BCUT2D eigenvalue weighted by Crippen LogP contribution is -2.50. The zero-order chi connectivity index (χ0) is 18.0. The molecule has 0 radical (unpaired) electrons. The van der Waals surface area contributed by atoms with E-state index < -0.39 is 5.97 Å². The summed E-state index contributed by atoms with van der Waals surface area (Å²) in [5.41, 5.74) is 1.91. The molecule has 0 unspecified atom stereocenters. The van der Waals surface area contributed by atoms with Crippen molar-refractivity contribution < 1.29 is 20.1 Å². The standard InChI is InChI=1S/C20H32O4/c1-14-7-9-20(3)16(13-22)5-4-6-17(20)19(14,2)10-8-15(12-21)11-18(23)24/h5,11,14,17,21-22H,4,6-10,12-13H2,1-3H3,(H,23,24)/b15-11-/t14-,17-,19+,20+/m1/s1. The van der Waals surface area contributed by atoms with Crippen molar-refractivity contribution in [2.45, 2.75) is 59.3 Å². The van der Waals surface area contributed by atoms with Crippen molar-refractivity contribution in [3.05, 3.63) is 23.3 Å². The van der Waals surface area contributed by atoms with Gasteiger partial charge in [0.2, 0.25) is 0 Å². The first-order valence-electron chi connectivity index (χ1n) is 9.11. The predicted octanol–water partition coefficient (Wildman–Crippen LogP) is 3.54. The van der Waals surface area contributed by atoms with Crippen molar-refractivity contribution in [1.29, 1.82) is 0 Å². The number of carbonyl (C=O) groups is 1. The van der Waals surface area contributed by atoms with Crippen molar-refractivity contribution in [2.24, 2.45) is 22.7 Å². The first-order valence-corrected chi connectivity index (χ1v) is 9.11. The van der Waals surface area contributed by atoms with Gasteiger partial charge >= 0.3 is 5.97 Å². The molecule has 0 bridgehead atoms. The van der Waals surface area contributed by atoms with Crippen molar-refractivity contribution in [1.82, 2.24) is 0 Å². The third-order valence-corrected chi connectivity index (χ3v) is 7.05. The molecule has 2 aliphatic carbocycles. The quantitative estimate of drug-likeness (QED) is 0.512. The van der Waals surface area contributed by atoms with Crippen LogP contribution in [-0.2, 0) is 4.79 Å². The lowest BCUT2D eigenvalue weighted by Gasteiger charge is -2.58. The van der Waals surface area contributed by atoms with Crippen LogP contribution in [0.2, 0.25) is 0 Å². The zero-order valence-electron chi connectivity index (χ0n) is 15.2. The molecule has 0 aromatic heterocycles. The van der Waals surface area contributed by atoms with Crippen LogP contribution in [-0.4, -0.2) is 34.5 Å². The van der Waals surface area contributed by atoms with Crippen LogP contribution in [0.4, 0.5) is 0 Å². The summed E-state index contributed by atoms with van der Waals surface area (Å²) in [5.74, 6) is 0.0537. The van der Waals surface area contributed by atoms with Crippen molar-refractivity contribution >= 4 is 5.97 Å². The lowest BCUT2D eigenvalue weighted by molar-refractivity contribution is -0.131. The van der Waals surface area contributed by atoms with Crippen LogP contribution < -0.4 is 0 Å². The maximum Gasteiger partial charge on any atom is 0.328 e. The van der Waals surface area contributed by atoms with E-state index in [1.165, 1.54) is 5.57 Å². The highest BCUT2D eigenvalue weighted by atomic mass is 16.4. The van der Waals surface area contributed by atoms with E-state index in [1.807, 2.05) is 0 Å². The molecule has 1 saturated carbocycles. The molecule has 0 spiro atoms. The maximum absolute atomic E-state index is 10.9. The average Bonchev–Trinajstić information content (AvgIpc) is 2.55. The number of aliphatic carboxylic acids is 1. The number of rotatable bonds is 6. The van der Waals surface area contributed by atoms with E-state index >= 15 is 0 Å². The highest BCUT2D eigenvalue weighted by Crippen LogP contribution is 2.61. The largest absolute Gasteiger partial charge is 0.478 e. The Bertz CT molecular complexity index is 536. The van der Waals surface area contributed by atoms with Gasteiger partial charge in [-0.25, -0.2) is 4.79 Å². The molecular weight excluding hydrogens is 304 g/mol. The van der Waals surface area contributed by atoms with Crippen LogP contribution in [0, 0.1) is 22.7 Å². The van der Waals surface area contributed by atoms with Crippen LogP contribution in [0.25, 0.3) is 0 Å². The molecule has 4 atom stereocenters. The third-order valence-electron chi connectivity index (χ3n) is 7.05. The lowest BCUT2D eigenvalue weighted by atomic mass is 9.47. The number of carboxylic acid groups (broad SMARTS) is 1. The molecule has 3 N–H and O–H groups in total. The number of carboxylic acids is 1. The summed E-state index contributed by atoms with van der Waals surface area (Å²) >= 11 is 0. The molecule has 2 aliphatic rings. The average molecular weight is 336 g/mol. The Balaban J connectivity index is 2.25. The molecule has 0 heterocycles. The van der Waals surface area contributed by atoms with Gasteiger partial charge in [-0.1, -0.05) is 26.8 Å². The first kappa shape index (κ1) is 19.2. The van der Waals surface area contributed by atoms with Gasteiger partial charge < -0.3 is 15.3 Å². The molecule has 4 heteroatoms. The Labute approximate surface area is 145 Å². The second-order valence-electron chi connectivity index (χ2n) is 8.18. The Morgan fingerprint density at radius 3 is 2.62 bits per heavy atom. The topological polar surface area (TPSA) is 77.8 Å². The summed E-state index contributed by atoms with van der Waals surface area (Å²) in [6.45, 7) is 6.87. The van der Waals surface area contributed by atoms with Gasteiger partial charge in [0, 0.05) is 6.08 Å². The summed E-state index contributed by atoms with van der Waals surface area (Å²) in [6.07, 6.45) is 9.23. The van der Waals surface area contributed by atoms with E-state index in [0.717, 1.165) is 38.2 Å². The second-order valence-corrected chi connectivity index (χ2v) is 8.18. The molecule has 24 heavy (non-hydrogen) atoms. The molecule has 136 valence electrons. The predicted molar refractivity (Wildman–Crippen MR) is 94.5 cm³/mol. The third kappa shape index (κ3) is 3.45. The normalized spacial score (nSPS) is 36.9. The monoisotopic (exact) mass is 336 g/mol. The molecule has 0 saturated heterocycles. The fraction of sp³-hybridized carbons (Fsp3) is 0.750. The Hall–Kier alpha value is -1.13. The molecular formula is C20H32O4. The number of aliphatic hydroxyl groups is 2. The fourth-order valence-corrected chi connectivity index (χ4v) is 5.25. The summed E-state index contributed by atoms with van der Waals surface area (Å²) in [4.78, 5) is 10.9. The van der Waals surface area contributed by atoms with Gasteiger partial charge in [-0.3, -0.25) is 0 Å². The van der Waals surface area contributed by atoms with Crippen molar-refractivity contribution in [3.8, 4) is 0 Å². The van der Waals surface area contributed by atoms with Crippen molar-refractivity contribution in [3.63, 3.8) is 0 Å². The van der Waals surface area contributed by atoms with Gasteiger partial charge in [-0.15, -0.1) is 0 Å². The van der Waals surface area contributed by atoms with Crippen LogP contribution in [0.15, 0.2) is 23.3 Å². The first-order chi connectivity index (χ1) is 11.3. The van der Waals surface area contributed by atoms with Gasteiger partial charge in [0.1, 0.15) is 0 Å². The van der Waals surface area contributed by atoms with E-state index in [0.29, 0.717) is 23.8 Å². The minimum absolute atomic E-state index is 0.0458. The minimum atomic E-state index is -0.992. The number of fused-ring (bicyclic) bond motifs is 1. The van der Waals surface area contributed by atoms with E-state index in [1.54, 1.807) is 0 Å². The highest BCUT2D eigenvalue weighted by Gasteiger charge is 2.53. The van der Waals surface area contributed by atoms with E-state index in [-0.39, 0.29) is 24.0 Å². The smallest absolute Gasteiger partial charge is 0.328 e. The number of hydrogen-bond donors (Lipinski definition) is 3. The minimum Gasteiger partial charge on any atom is -0.478 e. The molecule has 0 amide bonds. The van der Waals surface area contributed by atoms with Crippen LogP contribution in [0.1, 0.15) is 59.3 Å². The highest BCUT2D eigenvalue weighted by molar-refractivity contribution is 5.80. The molecule has 1 fully saturated rings. The Morgan fingerprint density at radius 1 is 1.33 bits per heavy atom. The van der Waals surface area contributed by atoms with Gasteiger partial charge in [0.25, 0.3) is 0 Å². The van der Waals surface area contributed by atoms with Crippen LogP contribution >= 0.6 is 0 Å². The fourth-order valence-electron chi connectivity index (χ4n) is 5.25. The van der Waals surface area contributed by atoms with Crippen molar-refractivity contribution in [2.75, 3.05) is 13.2 Å². The number of allylic oxidation sites excluding steroid dienone is 1. The van der Waals surface area contributed by atoms with Gasteiger partial charge in [0.15, 0.2) is 0 Å². The van der Waals surface area contributed by atoms with E-state index in [9.17, 15) is 15.0 Å². The molecule has 0 aromatic rings. The van der Waals surface area contributed by atoms with Gasteiger partial charge in [0.05, 0.1) is 13.2 Å². The summed E-state index contributed by atoms with van der Waals surface area (Å²) in [5, 5.41) is 28.2. The molecule has 0 aromatic carbocycles. The number of hydrogen-bond acceptors (Lipinski definition) is 3. The molecule has 4 nitrogen and oxygen atoms in total. The Kier molecular flexibility index (Phi) is 5.92. The summed E-state index contributed by atoms with van der Waals surface area (Å²) in [6, 6.07) is 0.